The molecule has 3 heterocycles. The Bertz CT molecular complexity index is 1120. The average Bonchev–Trinajstić information content (AvgIpc) is 2.66. The van der Waals surface area contributed by atoms with Crippen LogP contribution in [0.15, 0.2) is 65.1 Å². The number of amidine groups is 1. The summed E-state index contributed by atoms with van der Waals surface area (Å²) in [5.74, 6) is -0.109. The minimum absolute atomic E-state index is 0.0709. The van der Waals surface area contributed by atoms with Gasteiger partial charge in [0.25, 0.3) is 0 Å². The lowest BCUT2D eigenvalue weighted by molar-refractivity contribution is 0.351. The molecule has 0 unspecified atom stereocenters. The van der Waals surface area contributed by atoms with E-state index in [1.165, 1.54) is 6.07 Å². The lowest BCUT2D eigenvalue weighted by Gasteiger charge is -2.27. The lowest BCUT2D eigenvalue weighted by Crippen LogP contribution is -2.34. The van der Waals surface area contributed by atoms with E-state index in [1.54, 1.807) is 6.20 Å². The van der Waals surface area contributed by atoms with E-state index in [0.717, 1.165) is 28.1 Å². The highest BCUT2D eigenvalue weighted by molar-refractivity contribution is 6.03. The Balaban J connectivity index is 1.46. The molecular weight excluding hydrogens is 336 g/mol. The largest absolute Gasteiger partial charge is 0.438 e. The van der Waals surface area contributed by atoms with Crippen LogP contribution in [0.4, 0.5) is 8.78 Å². The first-order valence-corrected chi connectivity index (χ1v) is 8.22. The molecule has 0 radical (unpaired) electrons. The van der Waals surface area contributed by atoms with Crippen LogP contribution in [0.2, 0.25) is 0 Å². The fourth-order valence-corrected chi connectivity index (χ4v) is 3.29. The Hall–Kier alpha value is -3.28. The van der Waals surface area contributed by atoms with Crippen LogP contribution in [0.1, 0.15) is 11.1 Å². The molecule has 0 fully saturated rings. The number of halogens is 2. The van der Waals surface area contributed by atoms with Crippen molar-refractivity contribution in [1.82, 2.24) is 10.3 Å². The fraction of sp³-hybridized carbons (Fsp3) is 0.100. The van der Waals surface area contributed by atoms with Gasteiger partial charge in [-0.05, 0) is 30.3 Å². The number of ether oxygens (including phenoxy) is 1. The zero-order valence-electron chi connectivity index (χ0n) is 13.6. The minimum Gasteiger partial charge on any atom is -0.438 e. The first-order chi connectivity index (χ1) is 12.7. The van der Waals surface area contributed by atoms with E-state index in [-0.39, 0.29) is 5.75 Å². The van der Waals surface area contributed by atoms with E-state index in [2.05, 4.69) is 15.3 Å². The monoisotopic (exact) mass is 349 g/mol. The van der Waals surface area contributed by atoms with Crippen molar-refractivity contribution in [1.29, 1.82) is 0 Å². The Labute approximate surface area is 147 Å². The van der Waals surface area contributed by atoms with E-state index >= 15 is 0 Å². The van der Waals surface area contributed by atoms with Gasteiger partial charge in [-0.2, -0.15) is 0 Å². The number of benzene rings is 2. The third kappa shape index (κ3) is 2.42. The molecule has 6 heteroatoms. The summed E-state index contributed by atoms with van der Waals surface area (Å²) in [6.45, 7) is 0.417. The van der Waals surface area contributed by atoms with Gasteiger partial charge in [0.1, 0.15) is 11.7 Å². The zero-order valence-corrected chi connectivity index (χ0v) is 13.6. The van der Waals surface area contributed by atoms with Gasteiger partial charge in [0.15, 0.2) is 11.6 Å². The quantitative estimate of drug-likeness (QED) is 0.729. The molecule has 26 heavy (non-hydrogen) atoms. The smallest absolute Gasteiger partial charge is 0.200 e. The molecule has 5 rings (SSSR count). The van der Waals surface area contributed by atoms with E-state index < -0.39 is 11.6 Å². The summed E-state index contributed by atoms with van der Waals surface area (Å²) in [5.41, 5.74) is 3.16. The van der Waals surface area contributed by atoms with E-state index in [9.17, 15) is 8.78 Å². The zero-order chi connectivity index (χ0) is 17.7. The highest BCUT2D eigenvalue weighted by Crippen LogP contribution is 2.34. The van der Waals surface area contributed by atoms with Crippen LogP contribution in [0.3, 0.4) is 0 Å². The van der Waals surface area contributed by atoms with Gasteiger partial charge >= 0.3 is 0 Å². The number of rotatable bonds is 1. The van der Waals surface area contributed by atoms with Crippen molar-refractivity contribution in [2.75, 3.05) is 6.54 Å². The van der Waals surface area contributed by atoms with Crippen LogP contribution in [0.5, 0.6) is 5.75 Å². The molecule has 1 N–H and O–H groups in total. The third-order valence-corrected chi connectivity index (χ3v) is 4.55. The Morgan fingerprint density at radius 3 is 2.92 bits per heavy atom. The van der Waals surface area contributed by atoms with Gasteiger partial charge in [0, 0.05) is 40.8 Å². The van der Waals surface area contributed by atoms with Crippen molar-refractivity contribution >= 4 is 16.7 Å². The molecule has 0 spiro atoms. The molecule has 0 saturated carbocycles. The van der Waals surface area contributed by atoms with Crippen molar-refractivity contribution in [3.8, 4) is 5.75 Å². The first-order valence-electron chi connectivity index (χ1n) is 8.22. The van der Waals surface area contributed by atoms with Crippen LogP contribution in [0, 0.1) is 11.6 Å². The summed E-state index contributed by atoms with van der Waals surface area (Å²) >= 11 is 0. The van der Waals surface area contributed by atoms with Crippen LogP contribution in [-0.2, 0) is 6.42 Å². The highest BCUT2D eigenvalue weighted by atomic mass is 19.1. The molecule has 0 saturated heterocycles. The van der Waals surface area contributed by atoms with Crippen LogP contribution in [0.25, 0.3) is 10.9 Å². The maximum atomic E-state index is 14.0. The summed E-state index contributed by atoms with van der Waals surface area (Å²) < 4.78 is 33.2. The van der Waals surface area contributed by atoms with E-state index in [4.69, 9.17) is 4.74 Å². The van der Waals surface area contributed by atoms with Gasteiger partial charge in [0.2, 0.25) is 5.88 Å². The SMILES string of the molecule is Fc1cc(F)c2c(c1)CC1=C(NC(c3ccc4ncccc4c3)=NC1)O2. The molecule has 0 atom stereocenters. The standard InChI is InChI=1S/C20H13F2N3O/c21-15-8-13-7-14-10-24-19(25-20(14)26-18(13)16(22)9-15)12-3-4-17-11(6-12)2-1-5-23-17/h1-6,8-9H,7,10H2,(H,24,25). The van der Waals surface area contributed by atoms with Crippen molar-refractivity contribution in [2.45, 2.75) is 6.42 Å². The molecule has 2 aromatic carbocycles. The Morgan fingerprint density at radius 1 is 1.08 bits per heavy atom. The normalized spacial score (nSPS) is 15.7. The van der Waals surface area contributed by atoms with Crippen molar-refractivity contribution < 1.29 is 13.5 Å². The number of pyridine rings is 1. The van der Waals surface area contributed by atoms with Crippen molar-refractivity contribution in [3.05, 3.63) is 82.9 Å². The molecule has 1 aromatic heterocycles. The predicted octanol–water partition coefficient (Wildman–Crippen LogP) is 3.71. The topological polar surface area (TPSA) is 46.5 Å². The maximum absolute atomic E-state index is 14.0. The Kier molecular flexibility index (Phi) is 3.25. The number of fused-ring (bicyclic) bond motifs is 2. The van der Waals surface area contributed by atoms with Gasteiger partial charge in [-0.1, -0.05) is 6.07 Å². The summed E-state index contributed by atoms with van der Waals surface area (Å²) in [5, 5.41) is 4.15. The van der Waals surface area contributed by atoms with Gasteiger partial charge in [-0.15, -0.1) is 0 Å². The second kappa shape index (κ2) is 5.62. The second-order valence-electron chi connectivity index (χ2n) is 6.29. The summed E-state index contributed by atoms with van der Waals surface area (Å²) in [6.07, 6.45) is 2.16. The number of hydrogen-bond acceptors (Lipinski definition) is 4. The van der Waals surface area contributed by atoms with Crippen molar-refractivity contribution in [3.63, 3.8) is 0 Å². The molecule has 4 nitrogen and oxygen atoms in total. The molecule has 128 valence electrons. The predicted molar refractivity (Wildman–Crippen MR) is 94.0 cm³/mol. The van der Waals surface area contributed by atoms with Crippen LogP contribution in [-0.4, -0.2) is 17.4 Å². The van der Waals surface area contributed by atoms with Gasteiger partial charge < -0.3 is 10.1 Å². The molecule has 2 aliphatic heterocycles. The van der Waals surface area contributed by atoms with Crippen LogP contribution >= 0.6 is 0 Å². The summed E-state index contributed by atoms with van der Waals surface area (Å²) in [7, 11) is 0. The second-order valence-corrected chi connectivity index (χ2v) is 6.29. The number of hydrogen-bond donors (Lipinski definition) is 1. The maximum Gasteiger partial charge on any atom is 0.200 e. The van der Waals surface area contributed by atoms with Gasteiger partial charge in [-0.25, -0.2) is 8.78 Å². The van der Waals surface area contributed by atoms with Crippen LogP contribution < -0.4 is 10.1 Å². The third-order valence-electron chi connectivity index (χ3n) is 4.55. The highest BCUT2D eigenvalue weighted by Gasteiger charge is 2.27. The van der Waals surface area contributed by atoms with E-state index in [0.29, 0.717) is 30.2 Å². The first kappa shape index (κ1) is 15.0. The molecule has 3 aromatic rings. The number of aromatic nitrogens is 1. The average molecular weight is 349 g/mol. The molecule has 0 amide bonds. The molecular formula is C20H13F2N3O. The number of nitrogens with one attached hydrogen (secondary N) is 1. The molecule has 0 aliphatic carbocycles. The van der Waals surface area contributed by atoms with Gasteiger partial charge in [-0.3, -0.25) is 9.98 Å². The minimum atomic E-state index is -0.700. The fourth-order valence-electron chi connectivity index (χ4n) is 3.29. The van der Waals surface area contributed by atoms with E-state index in [1.807, 2.05) is 30.3 Å². The number of nitrogens with zero attached hydrogens (tertiary/aromatic N) is 2. The van der Waals surface area contributed by atoms with Gasteiger partial charge in [0.05, 0.1) is 12.1 Å². The summed E-state index contributed by atoms with van der Waals surface area (Å²) in [6, 6.07) is 11.9. The summed E-state index contributed by atoms with van der Waals surface area (Å²) in [4.78, 5) is 8.88. The molecule has 2 aliphatic rings. The Morgan fingerprint density at radius 2 is 2.00 bits per heavy atom. The number of aliphatic imine (C=N–C) groups is 1. The lowest BCUT2D eigenvalue weighted by atomic mass is 10.0. The van der Waals surface area contributed by atoms with Crippen molar-refractivity contribution in [2.24, 2.45) is 4.99 Å². The molecule has 0 bridgehead atoms.